The third kappa shape index (κ3) is 5.37. The molecule has 0 heterocycles. The Bertz CT molecular complexity index is 355. The van der Waals surface area contributed by atoms with Crippen LogP contribution in [0.3, 0.4) is 0 Å². The zero-order valence-electron chi connectivity index (χ0n) is 9.74. The molecule has 5 nitrogen and oxygen atoms in total. The topological polar surface area (TPSA) is 83.8 Å². The summed E-state index contributed by atoms with van der Waals surface area (Å²) in [5.74, 6) is -1.23. The molecule has 0 aliphatic rings. The minimum atomic E-state index is -3.22. The Morgan fingerprint density at radius 3 is 2.33 bits per heavy atom. The van der Waals surface area contributed by atoms with Crippen LogP contribution in [0, 0.1) is 0 Å². The molecule has 1 aromatic carbocycles. The number of benzene rings is 1. The molecule has 2 unspecified atom stereocenters. The van der Waals surface area contributed by atoms with E-state index in [-0.39, 0.29) is 51.7 Å². The molecule has 0 bridgehead atoms. The molecular weight excluding hydrogens is 360 g/mol. The Morgan fingerprint density at radius 1 is 1.40 bits per heavy atom. The average Bonchev–Trinajstić information content (AvgIpc) is 2.15. The molecule has 0 aliphatic heterocycles. The number of hydrogen-bond acceptors (Lipinski definition) is 3. The Kier molecular flexibility index (Phi) is 7.93. The van der Waals surface area contributed by atoms with Crippen molar-refractivity contribution in [3.63, 3.8) is 0 Å². The standard InChI is InChI=1S/C7H7O5PSi.Ba.2H/c8-13(9)7(12-14(10)11)6-4-2-1-3-5-6;;;/h1-5,7,10H;;;/q;+2;2*-1/p+1. The van der Waals surface area contributed by atoms with E-state index < -0.39 is 23.0 Å². The van der Waals surface area contributed by atoms with Crippen LogP contribution >= 0.6 is 8.03 Å². The summed E-state index contributed by atoms with van der Waals surface area (Å²) in [4.78, 5) is 17.4. The third-order valence-corrected chi connectivity index (χ3v) is 2.94. The predicted molar refractivity (Wildman–Crippen MR) is 56.7 cm³/mol. The SMILES string of the molecule is O=[Si](O)OC(c1ccccc1)[P+](=O)O.[Ba+2].[H-].[H-]. The first-order chi connectivity index (χ1) is 6.61. The van der Waals surface area contributed by atoms with Crippen LogP contribution in [-0.2, 0) is 13.5 Å². The van der Waals surface area contributed by atoms with Gasteiger partial charge in [0.25, 0.3) is 0 Å². The van der Waals surface area contributed by atoms with Crippen molar-refractivity contribution in [2.75, 3.05) is 0 Å². The van der Waals surface area contributed by atoms with Gasteiger partial charge in [-0.2, -0.15) is 4.89 Å². The van der Waals surface area contributed by atoms with Crippen LogP contribution < -0.4 is 0 Å². The van der Waals surface area contributed by atoms with Crippen LogP contribution in [0.5, 0.6) is 0 Å². The second kappa shape index (κ2) is 7.69. The second-order valence-corrected chi connectivity index (χ2v) is 4.29. The minimum absolute atomic E-state index is 0. The van der Waals surface area contributed by atoms with Gasteiger partial charge in [0.05, 0.1) is 0 Å². The summed E-state index contributed by atoms with van der Waals surface area (Å²) >= 11 is 0. The van der Waals surface area contributed by atoms with Gasteiger partial charge in [0, 0.05) is 5.56 Å². The average molecular weight is 371 g/mol. The maximum atomic E-state index is 10.8. The van der Waals surface area contributed by atoms with E-state index in [9.17, 15) is 9.03 Å². The molecule has 0 fully saturated rings. The van der Waals surface area contributed by atoms with Gasteiger partial charge >= 0.3 is 71.9 Å². The van der Waals surface area contributed by atoms with Gasteiger partial charge in [-0.3, -0.25) is 4.46 Å². The van der Waals surface area contributed by atoms with Gasteiger partial charge in [-0.15, -0.1) is 0 Å². The van der Waals surface area contributed by atoms with Crippen LogP contribution in [0.1, 0.15) is 14.3 Å². The van der Waals surface area contributed by atoms with Gasteiger partial charge in [-0.25, -0.2) is 0 Å². The van der Waals surface area contributed by atoms with Gasteiger partial charge in [-0.05, 0) is 4.57 Å². The van der Waals surface area contributed by atoms with E-state index in [0.29, 0.717) is 5.56 Å². The van der Waals surface area contributed by atoms with Crippen LogP contribution in [0.4, 0.5) is 0 Å². The molecule has 1 aromatic rings. The summed E-state index contributed by atoms with van der Waals surface area (Å²) in [6.07, 6.45) is 0. The molecule has 0 saturated heterocycles. The van der Waals surface area contributed by atoms with Gasteiger partial charge in [0.2, 0.25) is 0 Å². The monoisotopic (exact) mass is 371 g/mol. The van der Waals surface area contributed by atoms with Crippen molar-refractivity contribution in [1.29, 1.82) is 0 Å². The van der Waals surface area contributed by atoms with E-state index in [1.165, 1.54) is 0 Å². The quantitative estimate of drug-likeness (QED) is 0.602. The molecule has 15 heavy (non-hydrogen) atoms. The maximum Gasteiger partial charge on any atom is 2.00 e. The first kappa shape index (κ1) is 15.5. The van der Waals surface area contributed by atoms with Crippen LogP contribution in [0.15, 0.2) is 30.3 Å². The fourth-order valence-electron chi connectivity index (χ4n) is 0.954. The third-order valence-electron chi connectivity index (χ3n) is 1.50. The fourth-order valence-corrected chi connectivity index (χ4v) is 2.34. The number of rotatable bonds is 4. The molecule has 8 heteroatoms. The Hall–Kier alpha value is 0.468. The van der Waals surface area contributed by atoms with Crippen molar-refractivity contribution in [1.82, 2.24) is 0 Å². The molecule has 2 N–H and O–H groups in total. The van der Waals surface area contributed by atoms with Crippen molar-refractivity contribution in [2.24, 2.45) is 0 Å². The summed E-state index contributed by atoms with van der Waals surface area (Å²) in [5, 5.41) is 0. The maximum absolute atomic E-state index is 10.8. The summed E-state index contributed by atoms with van der Waals surface area (Å²) < 4.78 is 25.7. The molecule has 0 saturated carbocycles. The first-order valence-electron chi connectivity index (χ1n) is 3.71. The smallest absolute Gasteiger partial charge is 1.00 e. The second-order valence-electron chi connectivity index (χ2n) is 2.45. The molecule has 2 atom stereocenters. The molecule has 0 amide bonds. The fraction of sp³-hybridized carbons (Fsp3) is 0.143. The van der Waals surface area contributed by atoms with Crippen LogP contribution in [0.25, 0.3) is 0 Å². The molecule has 78 valence electrons. The van der Waals surface area contributed by atoms with E-state index in [0.717, 1.165) is 0 Å². The molecule has 1 rings (SSSR count). The van der Waals surface area contributed by atoms with Crippen molar-refractivity contribution >= 4 is 66.1 Å². The summed E-state index contributed by atoms with van der Waals surface area (Å²) in [5.41, 5.74) is 0.406. The van der Waals surface area contributed by atoms with E-state index in [1.807, 2.05) is 0 Å². The van der Waals surface area contributed by atoms with Crippen molar-refractivity contribution in [2.45, 2.75) is 5.85 Å². The predicted octanol–water partition coefficient (Wildman–Crippen LogP) is 0.688. The van der Waals surface area contributed by atoms with Crippen LogP contribution in [-0.4, -0.2) is 67.7 Å². The zero-order valence-corrected chi connectivity index (χ0v) is 14.1. The van der Waals surface area contributed by atoms with E-state index in [1.54, 1.807) is 30.3 Å². The van der Waals surface area contributed by atoms with E-state index in [2.05, 4.69) is 4.43 Å². The molecule has 0 spiro atoms. The van der Waals surface area contributed by atoms with Gasteiger partial charge in [0.1, 0.15) is 0 Å². The van der Waals surface area contributed by atoms with Gasteiger partial charge in [0.15, 0.2) is 0 Å². The van der Waals surface area contributed by atoms with Crippen LogP contribution in [0.2, 0.25) is 0 Å². The van der Waals surface area contributed by atoms with Crippen molar-refractivity contribution in [3.05, 3.63) is 35.9 Å². The van der Waals surface area contributed by atoms with E-state index >= 15 is 0 Å². The van der Waals surface area contributed by atoms with Crippen molar-refractivity contribution in [3.8, 4) is 0 Å². The Morgan fingerprint density at radius 2 is 1.93 bits per heavy atom. The Labute approximate surface area is 132 Å². The number of hydrogen-bond donors (Lipinski definition) is 2. The normalized spacial score (nSPS) is 12.2. The summed E-state index contributed by atoms with van der Waals surface area (Å²) in [7, 11) is -5.90. The largest absolute Gasteiger partial charge is 2.00 e. The molecule has 0 radical (unpaired) electrons. The molecule has 0 aliphatic carbocycles. The van der Waals surface area contributed by atoms with E-state index in [4.69, 9.17) is 9.69 Å². The Balaban J connectivity index is -0.000000653. The van der Waals surface area contributed by atoms with Gasteiger partial charge < -0.3 is 12.1 Å². The minimum Gasteiger partial charge on any atom is -1.00 e. The summed E-state index contributed by atoms with van der Waals surface area (Å²) in [6, 6.07) is 8.14. The van der Waals surface area contributed by atoms with Crippen molar-refractivity contribution < 1.29 is 26.0 Å². The zero-order chi connectivity index (χ0) is 10.6. The molecular formula is C7H10BaO5PSi+. The van der Waals surface area contributed by atoms with Gasteiger partial charge in [-0.1, -0.05) is 30.3 Å². The summed E-state index contributed by atoms with van der Waals surface area (Å²) in [6.45, 7) is 0. The molecule has 0 aromatic heterocycles. The first-order valence-corrected chi connectivity index (χ1v) is 6.25.